The van der Waals surface area contributed by atoms with E-state index in [1.165, 1.54) is 0 Å². The fraction of sp³-hybridized carbons (Fsp3) is 0.500. The minimum Gasteiger partial charge on any atom is -0.478 e. The Bertz CT molecular complexity index is 312. The Kier molecular flexibility index (Phi) is 2.45. The van der Waals surface area contributed by atoms with E-state index in [1.54, 1.807) is 12.3 Å². The second-order valence-corrected chi connectivity index (χ2v) is 3.78. The molecule has 0 aliphatic heterocycles. The third-order valence-electron chi connectivity index (χ3n) is 2.50. The quantitative estimate of drug-likeness (QED) is 0.777. The summed E-state index contributed by atoms with van der Waals surface area (Å²) in [5.74, 6) is -0.870. The normalized spacial score (nSPS) is 11.6. The molecule has 0 saturated heterocycles. The van der Waals surface area contributed by atoms with E-state index in [1.807, 2.05) is 10.8 Å². The molecule has 3 heteroatoms. The van der Waals surface area contributed by atoms with Gasteiger partial charge in [-0.3, -0.25) is 0 Å². The molecule has 1 rings (SSSR count). The topological polar surface area (TPSA) is 42.2 Å². The Morgan fingerprint density at radius 2 is 2.23 bits per heavy atom. The third kappa shape index (κ3) is 1.91. The monoisotopic (exact) mass is 181 g/mol. The summed E-state index contributed by atoms with van der Waals surface area (Å²) in [5, 5.41) is 8.72. The fourth-order valence-electron chi connectivity index (χ4n) is 1.08. The first kappa shape index (κ1) is 9.84. The molecule has 3 nitrogen and oxygen atoms in total. The molecule has 72 valence electrons. The van der Waals surface area contributed by atoms with E-state index >= 15 is 0 Å². The van der Waals surface area contributed by atoms with Gasteiger partial charge in [-0.2, -0.15) is 0 Å². The molecule has 13 heavy (non-hydrogen) atoms. The number of aromatic carboxylic acids is 1. The molecule has 1 aromatic heterocycles. The van der Waals surface area contributed by atoms with Gasteiger partial charge in [0.05, 0.1) is 5.56 Å². The van der Waals surface area contributed by atoms with Crippen molar-refractivity contribution in [3.05, 3.63) is 24.0 Å². The van der Waals surface area contributed by atoms with Gasteiger partial charge in [0.1, 0.15) is 0 Å². The molecule has 0 unspecified atom stereocenters. The van der Waals surface area contributed by atoms with Crippen molar-refractivity contribution < 1.29 is 9.90 Å². The van der Waals surface area contributed by atoms with Crippen LogP contribution >= 0.6 is 0 Å². The first-order valence-corrected chi connectivity index (χ1v) is 4.39. The lowest BCUT2D eigenvalue weighted by Crippen LogP contribution is -2.23. The van der Waals surface area contributed by atoms with E-state index in [4.69, 9.17) is 5.11 Å². The van der Waals surface area contributed by atoms with Crippen LogP contribution in [0.15, 0.2) is 18.5 Å². The highest BCUT2D eigenvalue weighted by molar-refractivity contribution is 5.87. The van der Waals surface area contributed by atoms with Crippen LogP contribution in [-0.2, 0) is 5.54 Å². The highest BCUT2D eigenvalue weighted by Crippen LogP contribution is 2.20. The van der Waals surface area contributed by atoms with Crippen molar-refractivity contribution in [1.82, 2.24) is 4.57 Å². The number of aromatic nitrogens is 1. The molecule has 0 fully saturated rings. The molecule has 0 amide bonds. The van der Waals surface area contributed by atoms with Crippen LogP contribution in [0.4, 0.5) is 0 Å². The van der Waals surface area contributed by atoms with Crippen molar-refractivity contribution in [2.45, 2.75) is 32.7 Å². The molecule has 1 N–H and O–H groups in total. The van der Waals surface area contributed by atoms with Gasteiger partial charge in [-0.05, 0) is 26.3 Å². The van der Waals surface area contributed by atoms with E-state index in [-0.39, 0.29) is 5.54 Å². The number of carboxylic acids is 1. The highest BCUT2D eigenvalue weighted by atomic mass is 16.4. The summed E-state index contributed by atoms with van der Waals surface area (Å²) in [5.41, 5.74) is 0.342. The zero-order valence-electron chi connectivity index (χ0n) is 8.24. The standard InChI is InChI=1S/C10H15NO2/c1-4-10(2,3)11-6-5-8(7-11)9(12)13/h5-7H,4H2,1-3H3,(H,12,13). The number of hydrogen-bond donors (Lipinski definition) is 1. The maximum atomic E-state index is 10.6. The highest BCUT2D eigenvalue weighted by Gasteiger charge is 2.17. The summed E-state index contributed by atoms with van der Waals surface area (Å²) in [6, 6.07) is 1.62. The lowest BCUT2D eigenvalue weighted by atomic mass is 10.0. The molecule has 0 bridgehead atoms. The predicted molar refractivity (Wildman–Crippen MR) is 51.0 cm³/mol. The van der Waals surface area contributed by atoms with Crippen LogP contribution in [0, 0.1) is 0 Å². The van der Waals surface area contributed by atoms with Gasteiger partial charge >= 0.3 is 5.97 Å². The molecular weight excluding hydrogens is 166 g/mol. The maximum Gasteiger partial charge on any atom is 0.337 e. The van der Waals surface area contributed by atoms with Gasteiger partial charge < -0.3 is 9.67 Å². The summed E-state index contributed by atoms with van der Waals surface area (Å²) in [7, 11) is 0. The summed E-state index contributed by atoms with van der Waals surface area (Å²) in [6.07, 6.45) is 4.46. The molecular formula is C10H15NO2. The molecule has 0 aliphatic rings. The Morgan fingerprint density at radius 3 is 2.62 bits per heavy atom. The van der Waals surface area contributed by atoms with Gasteiger partial charge in [-0.1, -0.05) is 6.92 Å². The molecule has 1 heterocycles. The minimum absolute atomic E-state index is 0.00625. The number of hydrogen-bond acceptors (Lipinski definition) is 1. The number of rotatable bonds is 3. The first-order valence-electron chi connectivity index (χ1n) is 4.39. The fourth-order valence-corrected chi connectivity index (χ4v) is 1.08. The van der Waals surface area contributed by atoms with Crippen LogP contribution < -0.4 is 0 Å². The van der Waals surface area contributed by atoms with Crippen LogP contribution in [0.5, 0.6) is 0 Å². The summed E-state index contributed by atoms with van der Waals surface area (Å²) in [6.45, 7) is 6.25. The van der Waals surface area contributed by atoms with Gasteiger partial charge in [0.25, 0.3) is 0 Å². The summed E-state index contributed by atoms with van der Waals surface area (Å²) in [4.78, 5) is 10.6. The van der Waals surface area contributed by atoms with Gasteiger partial charge in [-0.15, -0.1) is 0 Å². The number of nitrogens with zero attached hydrogens (tertiary/aromatic N) is 1. The lowest BCUT2D eigenvalue weighted by Gasteiger charge is -2.25. The molecule has 0 aromatic carbocycles. The van der Waals surface area contributed by atoms with Crippen LogP contribution in [0.3, 0.4) is 0 Å². The van der Waals surface area contributed by atoms with E-state index in [0.29, 0.717) is 5.56 Å². The van der Waals surface area contributed by atoms with E-state index in [9.17, 15) is 4.79 Å². The van der Waals surface area contributed by atoms with E-state index < -0.39 is 5.97 Å². The Morgan fingerprint density at radius 1 is 1.62 bits per heavy atom. The second-order valence-electron chi connectivity index (χ2n) is 3.78. The molecule has 0 radical (unpaired) electrons. The Balaban J connectivity index is 2.98. The smallest absolute Gasteiger partial charge is 0.337 e. The van der Waals surface area contributed by atoms with Gasteiger partial charge in [0, 0.05) is 17.9 Å². The van der Waals surface area contributed by atoms with Gasteiger partial charge in [0.2, 0.25) is 0 Å². The Labute approximate surface area is 78.0 Å². The summed E-state index contributed by atoms with van der Waals surface area (Å²) < 4.78 is 1.94. The number of carboxylic acid groups (broad SMARTS) is 1. The predicted octanol–water partition coefficient (Wildman–Crippen LogP) is 2.33. The number of carbonyl (C=O) groups is 1. The van der Waals surface area contributed by atoms with Gasteiger partial charge in [-0.25, -0.2) is 4.79 Å². The molecule has 1 aromatic rings. The van der Waals surface area contributed by atoms with Gasteiger partial charge in [0.15, 0.2) is 0 Å². The van der Waals surface area contributed by atoms with Crippen molar-refractivity contribution in [3.8, 4) is 0 Å². The van der Waals surface area contributed by atoms with Crippen LogP contribution in [0.25, 0.3) is 0 Å². The minimum atomic E-state index is -0.870. The van der Waals surface area contributed by atoms with Crippen molar-refractivity contribution in [3.63, 3.8) is 0 Å². The zero-order chi connectivity index (χ0) is 10.1. The van der Waals surface area contributed by atoms with Crippen molar-refractivity contribution in [2.75, 3.05) is 0 Å². The molecule has 0 saturated carbocycles. The summed E-state index contributed by atoms with van der Waals surface area (Å²) >= 11 is 0. The van der Waals surface area contributed by atoms with Crippen LogP contribution in [0.1, 0.15) is 37.6 Å². The maximum absolute atomic E-state index is 10.6. The molecule has 0 aliphatic carbocycles. The van der Waals surface area contributed by atoms with Crippen molar-refractivity contribution in [1.29, 1.82) is 0 Å². The first-order chi connectivity index (χ1) is 5.97. The second kappa shape index (κ2) is 3.24. The van der Waals surface area contributed by atoms with Crippen molar-refractivity contribution >= 4 is 5.97 Å². The zero-order valence-corrected chi connectivity index (χ0v) is 8.24. The SMILES string of the molecule is CCC(C)(C)n1ccc(C(=O)O)c1. The van der Waals surface area contributed by atoms with Crippen LogP contribution in [0.2, 0.25) is 0 Å². The molecule has 0 atom stereocenters. The lowest BCUT2D eigenvalue weighted by molar-refractivity contribution is 0.0696. The Hall–Kier alpha value is -1.25. The van der Waals surface area contributed by atoms with E-state index in [0.717, 1.165) is 6.42 Å². The molecule has 0 spiro atoms. The largest absolute Gasteiger partial charge is 0.478 e. The van der Waals surface area contributed by atoms with Crippen molar-refractivity contribution in [2.24, 2.45) is 0 Å². The van der Waals surface area contributed by atoms with E-state index in [2.05, 4.69) is 20.8 Å². The average molecular weight is 181 g/mol. The van der Waals surface area contributed by atoms with Crippen LogP contribution in [-0.4, -0.2) is 15.6 Å². The average Bonchev–Trinajstić information content (AvgIpc) is 2.52. The third-order valence-corrected chi connectivity index (χ3v) is 2.50.